The fourth-order valence-corrected chi connectivity index (χ4v) is 1.72. The van der Waals surface area contributed by atoms with E-state index in [0.29, 0.717) is 36.6 Å². The van der Waals surface area contributed by atoms with Crippen molar-refractivity contribution in [3.8, 4) is 5.75 Å². The molecule has 1 aromatic rings. The summed E-state index contributed by atoms with van der Waals surface area (Å²) >= 11 is 0. The van der Waals surface area contributed by atoms with Crippen molar-refractivity contribution < 1.29 is 19.1 Å². The number of anilines is 1. The van der Waals surface area contributed by atoms with Crippen molar-refractivity contribution in [3.05, 3.63) is 23.8 Å². The Balaban J connectivity index is 2.50. The van der Waals surface area contributed by atoms with Crippen molar-refractivity contribution in [2.45, 2.75) is 19.8 Å². The first-order valence-corrected chi connectivity index (χ1v) is 6.46. The smallest absolute Gasteiger partial charge is 0.305 e. The zero-order chi connectivity index (χ0) is 15.0. The molecule has 0 aromatic heterocycles. The first-order chi connectivity index (χ1) is 9.60. The summed E-state index contributed by atoms with van der Waals surface area (Å²) in [6, 6.07) is 5.02. The number of nitrogens with one attached hydrogen (secondary N) is 1. The van der Waals surface area contributed by atoms with Crippen LogP contribution in [0, 0.1) is 0 Å². The van der Waals surface area contributed by atoms with Crippen molar-refractivity contribution in [1.82, 2.24) is 5.32 Å². The van der Waals surface area contributed by atoms with Gasteiger partial charge in [-0.1, -0.05) is 6.07 Å². The molecule has 1 rings (SSSR count). The van der Waals surface area contributed by atoms with E-state index in [1.165, 1.54) is 7.11 Å². The van der Waals surface area contributed by atoms with Crippen LogP contribution in [-0.4, -0.2) is 32.1 Å². The van der Waals surface area contributed by atoms with Crippen LogP contribution in [0.3, 0.4) is 0 Å². The van der Waals surface area contributed by atoms with E-state index in [9.17, 15) is 9.59 Å². The zero-order valence-electron chi connectivity index (χ0n) is 11.8. The maximum Gasteiger partial charge on any atom is 0.305 e. The Morgan fingerprint density at radius 1 is 1.35 bits per heavy atom. The van der Waals surface area contributed by atoms with Gasteiger partial charge in [0.05, 0.1) is 13.7 Å². The van der Waals surface area contributed by atoms with E-state index in [-0.39, 0.29) is 18.3 Å². The fraction of sp³-hybridized carbons (Fsp3) is 0.429. The number of ether oxygens (including phenoxy) is 2. The average Bonchev–Trinajstić information content (AvgIpc) is 2.43. The van der Waals surface area contributed by atoms with E-state index in [4.69, 9.17) is 15.2 Å². The molecule has 0 aliphatic heterocycles. The number of benzene rings is 1. The lowest BCUT2D eigenvalue weighted by Crippen LogP contribution is -2.26. The van der Waals surface area contributed by atoms with E-state index in [1.54, 1.807) is 25.1 Å². The predicted molar refractivity (Wildman–Crippen MR) is 75.6 cm³/mol. The van der Waals surface area contributed by atoms with Crippen LogP contribution in [0.15, 0.2) is 18.2 Å². The van der Waals surface area contributed by atoms with Crippen LogP contribution in [0.1, 0.15) is 30.1 Å². The van der Waals surface area contributed by atoms with E-state index in [1.807, 2.05) is 0 Å². The van der Waals surface area contributed by atoms with Gasteiger partial charge >= 0.3 is 5.97 Å². The molecule has 3 N–H and O–H groups in total. The first kappa shape index (κ1) is 15.8. The van der Waals surface area contributed by atoms with Crippen molar-refractivity contribution in [3.63, 3.8) is 0 Å². The molecular weight excluding hydrogens is 260 g/mol. The van der Waals surface area contributed by atoms with Crippen LogP contribution in [0.4, 0.5) is 5.69 Å². The number of methoxy groups -OCH3 is 1. The van der Waals surface area contributed by atoms with E-state index in [2.05, 4.69) is 5.32 Å². The number of nitrogen functional groups attached to an aromatic ring is 1. The van der Waals surface area contributed by atoms with Gasteiger partial charge in [-0.25, -0.2) is 0 Å². The van der Waals surface area contributed by atoms with Crippen molar-refractivity contribution in [2.75, 3.05) is 26.0 Å². The Bertz CT molecular complexity index is 474. The topological polar surface area (TPSA) is 90.7 Å². The standard InChI is InChI=1S/C14H20N2O4/c1-3-20-12(17)8-5-9-16-14(18)13-10(15)6-4-7-11(13)19-2/h4,6-7H,3,5,8-9,15H2,1-2H3,(H,16,18). The van der Waals surface area contributed by atoms with Crippen LogP contribution in [0.25, 0.3) is 0 Å². The van der Waals surface area contributed by atoms with Gasteiger partial charge < -0.3 is 20.5 Å². The predicted octanol–water partition coefficient (Wildman–Crippen LogP) is 1.35. The highest BCUT2D eigenvalue weighted by Gasteiger charge is 2.15. The van der Waals surface area contributed by atoms with Crippen molar-refractivity contribution >= 4 is 17.6 Å². The monoisotopic (exact) mass is 280 g/mol. The minimum absolute atomic E-state index is 0.265. The molecule has 110 valence electrons. The third-order valence-electron chi connectivity index (χ3n) is 2.65. The quantitative estimate of drug-likeness (QED) is 0.447. The van der Waals surface area contributed by atoms with Gasteiger partial charge in [-0.05, 0) is 25.5 Å². The summed E-state index contributed by atoms with van der Waals surface area (Å²) in [6.45, 7) is 2.49. The summed E-state index contributed by atoms with van der Waals surface area (Å²) in [5, 5.41) is 2.71. The molecule has 6 heteroatoms. The number of carbonyl (C=O) groups is 2. The van der Waals surface area contributed by atoms with Gasteiger partial charge in [0.1, 0.15) is 11.3 Å². The zero-order valence-corrected chi connectivity index (χ0v) is 11.8. The van der Waals surface area contributed by atoms with E-state index >= 15 is 0 Å². The second kappa shape index (κ2) is 8.04. The minimum atomic E-state index is -0.316. The highest BCUT2D eigenvalue weighted by Crippen LogP contribution is 2.23. The molecule has 1 aromatic carbocycles. The molecule has 0 saturated heterocycles. The second-order valence-electron chi connectivity index (χ2n) is 4.09. The molecule has 0 heterocycles. The SMILES string of the molecule is CCOC(=O)CCCNC(=O)c1c(N)cccc1OC. The number of rotatable bonds is 7. The Hall–Kier alpha value is -2.24. The molecule has 20 heavy (non-hydrogen) atoms. The van der Waals surface area contributed by atoms with E-state index < -0.39 is 0 Å². The van der Waals surface area contributed by atoms with Crippen molar-refractivity contribution in [2.24, 2.45) is 0 Å². The van der Waals surface area contributed by atoms with E-state index in [0.717, 1.165) is 0 Å². The normalized spacial score (nSPS) is 9.90. The van der Waals surface area contributed by atoms with Crippen LogP contribution in [0.5, 0.6) is 5.75 Å². The first-order valence-electron chi connectivity index (χ1n) is 6.46. The highest BCUT2D eigenvalue weighted by molar-refractivity contribution is 6.01. The number of carbonyl (C=O) groups excluding carboxylic acids is 2. The Labute approximate surface area is 118 Å². The molecule has 0 fully saturated rings. The lowest BCUT2D eigenvalue weighted by atomic mass is 10.1. The fourth-order valence-electron chi connectivity index (χ4n) is 1.72. The maximum absolute atomic E-state index is 12.0. The third-order valence-corrected chi connectivity index (χ3v) is 2.65. The summed E-state index contributed by atoms with van der Waals surface area (Å²) in [7, 11) is 1.48. The van der Waals surface area contributed by atoms with Crippen LogP contribution >= 0.6 is 0 Å². The largest absolute Gasteiger partial charge is 0.496 e. The molecule has 0 bridgehead atoms. The van der Waals surface area contributed by atoms with Gasteiger partial charge in [0.25, 0.3) is 5.91 Å². The Morgan fingerprint density at radius 2 is 2.10 bits per heavy atom. The van der Waals surface area contributed by atoms with Crippen LogP contribution < -0.4 is 15.8 Å². The summed E-state index contributed by atoms with van der Waals surface area (Å²) in [6.07, 6.45) is 0.787. The number of amides is 1. The van der Waals surface area contributed by atoms with Gasteiger partial charge in [0, 0.05) is 18.7 Å². The molecule has 1 amide bonds. The van der Waals surface area contributed by atoms with Gasteiger partial charge in [-0.15, -0.1) is 0 Å². The second-order valence-corrected chi connectivity index (χ2v) is 4.09. The lowest BCUT2D eigenvalue weighted by Gasteiger charge is -2.11. The summed E-state index contributed by atoms with van der Waals surface area (Å²) in [5.74, 6) is -0.157. The average molecular weight is 280 g/mol. The number of hydrogen-bond acceptors (Lipinski definition) is 5. The van der Waals surface area contributed by atoms with Crippen LogP contribution in [0.2, 0.25) is 0 Å². The summed E-state index contributed by atoms with van der Waals surface area (Å²) < 4.78 is 9.91. The Kier molecular flexibility index (Phi) is 6.36. The molecule has 0 atom stereocenters. The van der Waals surface area contributed by atoms with Gasteiger partial charge in [0.15, 0.2) is 0 Å². The van der Waals surface area contributed by atoms with Gasteiger partial charge in [-0.3, -0.25) is 9.59 Å². The molecule has 6 nitrogen and oxygen atoms in total. The molecule has 0 radical (unpaired) electrons. The Morgan fingerprint density at radius 3 is 2.75 bits per heavy atom. The lowest BCUT2D eigenvalue weighted by molar-refractivity contribution is -0.143. The molecule has 0 saturated carbocycles. The van der Waals surface area contributed by atoms with Gasteiger partial charge in [-0.2, -0.15) is 0 Å². The minimum Gasteiger partial charge on any atom is -0.496 e. The number of nitrogens with two attached hydrogens (primary N) is 1. The third kappa shape index (κ3) is 4.46. The van der Waals surface area contributed by atoms with Crippen molar-refractivity contribution in [1.29, 1.82) is 0 Å². The highest BCUT2D eigenvalue weighted by atomic mass is 16.5. The molecule has 0 spiro atoms. The molecule has 0 unspecified atom stereocenters. The summed E-state index contributed by atoms with van der Waals surface area (Å²) in [5.41, 5.74) is 6.44. The van der Waals surface area contributed by atoms with Gasteiger partial charge in [0.2, 0.25) is 0 Å². The molecule has 0 aliphatic carbocycles. The number of esters is 1. The molecule has 0 aliphatic rings. The maximum atomic E-state index is 12.0. The molecular formula is C14H20N2O4. The number of hydrogen-bond donors (Lipinski definition) is 2. The summed E-state index contributed by atoms with van der Waals surface area (Å²) in [4.78, 5) is 23.2. The van der Waals surface area contributed by atoms with Crippen LogP contribution in [-0.2, 0) is 9.53 Å².